The van der Waals surface area contributed by atoms with Gasteiger partial charge in [-0.3, -0.25) is 0 Å². The molecule has 0 heterocycles. The van der Waals surface area contributed by atoms with Gasteiger partial charge >= 0.3 is 5.97 Å². The summed E-state index contributed by atoms with van der Waals surface area (Å²) in [6, 6.07) is 4.64. The molecule has 17 heavy (non-hydrogen) atoms. The van der Waals surface area contributed by atoms with E-state index in [0.717, 1.165) is 0 Å². The molecule has 0 saturated heterocycles. The minimum Gasteiger partial charge on any atom is -0.467 e. The number of carbonyl (C=O) groups excluding carboxylic acids is 1. The van der Waals surface area contributed by atoms with E-state index < -0.39 is 6.04 Å². The van der Waals surface area contributed by atoms with Gasteiger partial charge in [0, 0.05) is 15.7 Å². The number of hydrogen-bond donors (Lipinski definition) is 1. The first-order valence-corrected chi connectivity index (χ1v) is 6.00. The maximum atomic E-state index is 11.6. The second-order valence-corrected chi connectivity index (χ2v) is 4.92. The minimum absolute atomic E-state index is 0.0974. The smallest absolute Gasteiger partial charge is 0.328 e. The highest BCUT2D eigenvalue weighted by molar-refractivity contribution is 6.35. The van der Waals surface area contributed by atoms with Crippen molar-refractivity contribution in [3.63, 3.8) is 0 Å². The minimum atomic E-state index is -0.422. The summed E-state index contributed by atoms with van der Waals surface area (Å²) in [5.74, 6) is -0.212. The maximum absolute atomic E-state index is 11.6. The van der Waals surface area contributed by atoms with Gasteiger partial charge in [-0.2, -0.15) is 0 Å². The Morgan fingerprint density at radius 2 is 1.76 bits per heavy atom. The molecule has 0 radical (unpaired) electrons. The average Bonchev–Trinajstić information content (AvgIpc) is 2.23. The fraction of sp³-hybridized carbons (Fsp3) is 0.417. The highest BCUT2D eigenvalue weighted by Crippen LogP contribution is 2.24. The maximum Gasteiger partial charge on any atom is 0.328 e. The van der Waals surface area contributed by atoms with Crippen LogP contribution in [0.1, 0.15) is 13.8 Å². The molecule has 0 aliphatic carbocycles. The molecule has 1 aromatic rings. The second-order valence-electron chi connectivity index (χ2n) is 4.05. The van der Waals surface area contributed by atoms with E-state index in [4.69, 9.17) is 27.9 Å². The van der Waals surface area contributed by atoms with Crippen molar-refractivity contribution in [2.24, 2.45) is 5.92 Å². The lowest BCUT2D eigenvalue weighted by atomic mass is 10.0. The number of nitrogens with one attached hydrogen (secondary N) is 1. The molecule has 0 spiro atoms. The number of hydrogen-bond acceptors (Lipinski definition) is 3. The lowest BCUT2D eigenvalue weighted by molar-refractivity contribution is -0.142. The molecule has 0 aliphatic rings. The van der Waals surface area contributed by atoms with Crippen molar-refractivity contribution in [2.75, 3.05) is 12.4 Å². The van der Waals surface area contributed by atoms with Crippen molar-refractivity contribution < 1.29 is 9.53 Å². The molecule has 0 fully saturated rings. The number of benzene rings is 1. The number of rotatable bonds is 4. The molecule has 1 unspecified atom stereocenters. The molecule has 5 heteroatoms. The van der Waals surface area contributed by atoms with Crippen molar-refractivity contribution in [1.82, 2.24) is 0 Å². The summed E-state index contributed by atoms with van der Waals surface area (Å²) in [4.78, 5) is 11.6. The Labute approximate surface area is 111 Å². The number of carbonyl (C=O) groups is 1. The van der Waals surface area contributed by atoms with Crippen LogP contribution in [0.4, 0.5) is 5.69 Å². The van der Waals surface area contributed by atoms with Crippen molar-refractivity contribution in [3.05, 3.63) is 28.2 Å². The van der Waals surface area contributed by atoms with Gasteiger partial charge in [-0.25, -0.2) is 4.79 Å². The summed E-state index contributed by atoms with van der Waals surface area (Å²) in [5.41, 5.74) is 0.701. The van der Waals surface area contributed by atoms with E-state index in [0.29, 0.717) is 15.7 Å². The van der Waals surface area contributed by atoms with Crippen LogP contribution in [-0.2, 0) is 9.53 Å². The first-order chi connectivity index (χ1) is 7.93. The Balaban J connectivity index is 2.89. The quantitative estimate of drug-likeness (QED) is 0.854. The monoisotopic (exact) mass is 275 g/mol. The lowest BCUT2D eigenvalue weighted by Crippen LogP contribution is -2.35. The van der Waals surface area contributed by atoms with Crippen LogP contribution in [0.15, 0.2) is 18.2 Å². The van der Waals surface area contributed by atoms with E-state index in [1.165, 1.54) is 7.11 Å². The summed E-state index contributed by atoms with van der Waals surface area (Å²) < 4.78 is 4.74. The van der Waals surface area contributed by atoms with Gasteiger partial charge in [0.2, 0.25) is 0 Å². The predicted molar refractivity (Wildman–Crippen MR) is 70.7 cm³/mol. The zero-order chi connectivity index (χ0) is 13.0. The van der Waals surface area contributed by atoms with E-state index >= 15 is 0 Å². The second kappa shape index (κ2) is 6.12. The fourth-order valence-corrected chi connectivity index (χ4v) is 1.97. The van der Waals surface area contributed by atoms with Crippen molar-refractivity contribution >= 4 is 34.9 Å². The average molecular weight is 276 g/mol. The third-order valence-electron chi connectivity index (χ3n) is 2.31. The topological polar surface area (TPSA) is 38.3 Å². The van der Waals surface area contributed by atoms with Gasteiger partial charge in [0.1, 0.15) is 6.04 Å². The predicted octanol–water partition coefficient (Wildman–Crippen LogP) is 3.60. The standard InChI is InChI=1S/C12H15Cl2NO2/c1-7(2)11(12(16)17-3)15-10-5-8(13)4-9(14)6-10/h4-7,11,15H,1-3H3. The van der Waals surface area contributed by atoms with Crippen molar-refractivity contribution in [2.45, 2.75) is 19.9 Å². The SMILES string of the molecule is COC(=O)C(Nc1cc(Cl)cc(Cl)c1)C(C)C. The molecule has 1 rings (SSSR count). The summed E-state index contributed by atoms with van der Waals surface area (Å²) in [7, 11) is 1.37. The van der Waals surface area contributed by atoms with E-state index in [-0.39, 0.29) is 11.9 Å². The summed E-state index contributed by atoms with van der Waals surface area (Å²) in [6.45, 7) is 3.86. The molecule has 3 nitrogen and oxygen atoms in total. The van der Waals surface area contributed by atoms with Gasteiger partial charge in [0.25, 0.3) is 0 Å². The highest BCUT2D eigenvalue weighted by Gasteiger charge is 2.22. The van der Waals surface area contributed by atoms with Crippen molar-refractivity contribution in [1.29, 1.82) is 0 Å². The number of halogens is 2. The molecule has 0 amide bonds. The van der Waals surface area contributed by atoms with Crippen LogP contribution < -0.4 is 5.32 Å². The molecule has 0 aliphatic heterocycles. The molecule has 94 valence electrons. The molecule has 1 aromatic carbocycles. The van der Waals surface area contributed by atoms with E-state index in [1.54, 1.807) is 18.2 Å². The van der Waals surface area contributed by atoms with Crippen LogP contribution in [-0.4, -0.2) is 19.1 Å². The zero-order valence-corrected chi connectivity index (χ0v) is 11.5. The first kappa shape index (κ1) is 14.1. The van der Waals surface area contributed by atoms with Gasteiger partial charge in [-0.05, 0) is 24.1 Å². The summed E-state index contributed by atoms with van der Waals surface area (Å²) in [6.07, 6.45) is 0. The van der Waals surface area contributed by atoms with Gasteiger partial charge in [0.05, 0.1) is 7.11 Å². The van der Waals surface area contributed by atoms with Gasteiger partial charge in [-0.1, -0.05) is 37.0 Å². The lowest BCUT2D eigenvalue weighted by Gasteiger charge is -2.21. The summed E-state index contributed by atoms with van der Waals surface area (Å²) >= 11 is 11.8. The Morgan fingerprint density at radius 3 is 2.18 bits per heavy atom. The Hall–Kier alpha value is -0.930. The normalized spacial score (nSPS) is 12.4. The van der Waals surface area contributed by atoms with Crippen LogP contribution in [0, 0.1) is 5.92 Å². The van der Waals surface area contributed by atoms with Crippen LogP contribution in [0.2, 0.25) is 10.0 Å². The third kappa shape index (κ3) is 4.10. The van der Waals surface area contributed by atoms with Gasteiger partial charge in [0.15, 0.2) is 0 Å². The molecule has 1 atom stereocenters. The molecule has 0 saturated carbocycles. The van der Waals surface area contributed by atoms with E-state index in [9.17, 15) is 4.79 Å². The molecule has 0 bridgehead atoms. The van der Waals surface area contributed by atoms with Gasteiger partial charge < -0.3 is 10.1 Å². The third-order valence-corrected chi connectivity index (χ3v) is 2.74. The van der Waals surface area contributed by atoms with E-state index in [1.807, 2.05) is 13.8 Å². The Morgan fingerprint density at radius 1 is 1.24 bits per heavy atom. The Kier molecular flexibility index (Phi) is 5.09. The van der Waals surface area contributed by atoms with Crippen LogP contribution in [0.5, 0.6) is 0 Å². The number of anilines is 1. The van der Waals surface area contributed by atoms with Gasteiger partial charge in [-0.15, -0.1) is 0 Å². The molecular formula is C12H15Cl2NO2. The largest absolute Gasteiger partial charge is 0.467 e. The Bertz CT molecular complexity index is 387. The number of ether oxygens (including phenoxy) is 1. The number of esters is 1. The van der Waals surface area contributed by atoms with Crippen LogP contribution in [0.3, 0.4) is 0 Å². The molecule has 0 aromatic heterocycles. The number of methoxy groups -OCH3 is 1. The fourth-order valence-electron chi connectivity index (χ4n) is 1.44. The van der Waals surface area contributed by atoms with Crippen LogP contribution >= 0.6 is 23.2 Å². The summed E-state index contributed by atoms with van der Waals surface area (Å²) in [5, 5.41) is 4.11. The van der Waals surface area contributed by atoms with Crippen molar-refractivity contribution in [3.8, 4) is 0 Å². The first-order valence-electron chi connectivity index (χ1n) is 5.24. The molecule has 1 N–H and O–H groups in total. The van der Waals surface area contributed by atoms with E-state index in [2.05, 4.69) is 5.32 Å². The zero-order valence-electron chi connectivity index (χ0n) is 9.96. The highest BCUT2D eigenvalue weighted by atomic mass is 35.5. The van der Waals surface area contributed by atoms with Crippen LogP contribution in [0.25, 0.3) is 0 Å². The molecular weight excluding hydrogens is 261 g/mol.